The van der Waals surface area contributed by atoms with Gasteiger partial charge in [-0.15, -0.1) is 0 Å². The molecule has 0 saturated heterocycles. The van der Waals surface area contributed by atoms with Gasteiger partial charge in [-0.25, -0.2) is 8.78 Å². The summed E-state index contributed by atoms with van der Waals surface area (Å²) in [6, 6.07) is 8.39. The number of nitrogens with one attached hydrogen (secondary N) is 1. The van der Waals surface area contributed by atoms with Crippen molar-refractivity contribution in [2.45, 2.75) is 6.04 Å². The zero-order valence-corrected chi connectivity index (χ0v) is 12.4. The highest BCUT2D eigenvalue weighted by molar-refractivity contribution is 9.10. The van der Waals surface area contributed by atoms with Crippen molar-refractivity contribution in [3.05, 3.63) is 68.7 Å². The predicted molar refractivity (Wildman–Crippen MR) is 76.4 cm³/mol. The summed E-state index contributed by atoms with van der Waals surface area (Å²) in [7, 11) is 1.64. The van der Waals surface area contributed by atoms with Crippen LogP contribution in [0.15, 0.2) is 40.9 Å². The Kier molecular flexibility index (Phi) is 4.55. The van der Waals surface area contributed by atoms with Crippen LogP contribution in [0.5, 0.6) is 0 Å². The molecule has 0 radical (unpaired) electrons. The van der Waals surface area contributed by atoms with Gasteiger partial charge in [0.15, 0.2) is 0 Å². The van der Waals surface area contributed by atoms with Crippen LogP contribution in [0, 0.1) is 11.6 Å². The predicted octanol–water partition coefficient (Wildman–Crippen LogP) is 4.69. The molecule has 5 heteroatoms. The van der Waals surface area contributed by atoms with Crippen molar-refractivity contribution in [2.75, 3.05) is 7.05 Å². The number of halogens is 4. The van der Waals surface area contributed by atoms with Crippen LogP contribution < -0.4 is 5.32 Å². The molecule has 0 saturated carbocycles. The van der Waals surface area contributed by atoms with Gasteiger partial charge >= 0.3 is 0 Å². The van der Waals surface area contributed by atoms with Crippen molar-refractivity contribution < 1.29 is 8.78 Å². The van der Waals surface area contributed by atoms with Crippen molar-refractivity contribution >= 4 is 27.5 Å². The second kappa shape index (κ2) is 5.99. The minimum Gasteiger partial charge on any atom is -0.309 e. The number of hydrogen-bond acceptors (Lipinski definition) is 1. The van der Waals surface area contributed by atoms with Crippen LogP contribution in [0.25, 0.3) is 0 Å². The van der Waals surface area contributed by atoms with Crippen LogP contribution in [0.2, 0.25) is 5.02 Å². The topological polar surface area (TPSA) is 12.0 Å². The minimum atomic E-state index is -0.601. The van der Waals surface area contributed by atoms with Crippen LogP contribution in [0.3, 0.4) is 0 Å². The maximum absolute atomic E-state index is 13.8. The van der Waals surface area contributed by atoms with Gasteiger partial charge in [-0.2, -0.15) is 0 Å². The van der Waals surface area contributed by atoms with Gasteiger partial charge in [-0.1, -0.05) is 33.6 Å². The van der Waals surface area contributed by atoms with E-state index in [-0.39, 0.29) is 5.56 Å². The van der Waals surface area contributed by atoms with Crippen LogP contribution in [-0.2, 0) is 0 Å². The summed E-state index contributed by atoms with van der Waals surface area (Å²) in [5.74, 6) is -1.18. The fraction of sp³-hybridized carbons (Fsp3) is 0.143. The molecule has 0 heterocycles. The molecule has 100 valence electrons. The van der Waals surface area contributed by atoms with E-state index in [0.29, 0.717) is 10.6 Å². The molecule has 19 heavy (non-hydrogen) atoms. The van der Waals surface area contributed by atoms with E-state index in [1.54, 1.807) is 25.2 Å². The van der Waals surface area contributed by atoms with Crippen molar-refractivity contribution in [3.8, 4) is 0 Å². The summed E-state index contributed by atoms with van der Waals surface area (Å²) >= 11 is 9.29. The van der Waals surface area contributed by atoms with E-state index in [2.05, 4.69) is 21.2 Å². The van der Waals surface area contributed by atoms with Gasteiger partial charge in [-0.05, 0) is 42.9 Å². The molecule has 1 atom stereocenters. The molecular formula is C14H11BrClF2N. The van der Waals surface area contributed by atoms with Gasteiger partial charge in [0.05, 0.1) is 6.04 Å². The maximum Gasteiger partial charge on any atom is 0.131 e. The van der Waals surface area contributed by atoms with Crippen molar-refractivity contribution in [3.63, 3.8) is 0 Å². The van der Waals surface area contributed by atoms with E-state index >= 15 is 0 Å². The quantitative estimate of drug-likeness (QED) is 0.850. The third-order valence-electron chi connectivity index (χ3n) is 2.80. The molecule has 0 aliphatic heterocycles. The Morgan fingerprint density at radius 2 is 1.79 bits per heavy atom. The second-order valence-corrected chi connectivity index (χ2v) is 5.41. The Bertz CT molecular complexity index is 563. The minimum absolute atomic E-state index is 0.0147. The van der Waals surface area contributed by atoms with Crippen molar-refractivity contribution in [1.29, 1.82) is 0 Å². The third-order valence-corrected chi connectivity index (χ3v) is 3.47. The molecule has 0 aromatic heterocycles. The summed E-state index contributed by atoms with van der Waals surface area (Å²) in [4.78, 5) is 0. The molecule has 1 unspecified atom stereocenters. The van der Waals surface area contributed by atoms with E-state index in [4.69, 9.17) is 11.6 Å². The fourth-order valence-corrected chi connectivity index (χ4v) is 2.89. The molecule has 0 aliphatic rings. The first-order valence-electron chi connectivity index (χ1n) is 5.60. The SMILES string of the molecule is CNC(c1cc(Cl)cc(Br)c1)c1c(F)cccc1F. The molecule has 1 N–H and O–H groups in total. The molecule has 2 aromatic rings. The molecule has 1 nitrogen and oxygen atoms in total. The van der Waals surface area contributed by atoms with Crippen LogP contribution in [0.1, 0.15) is 17.2 Å². The first-order valence-corrected chi connectivity index (χ1v) is 6.77. The maximum atomic E-state index is 13.8. The Morgan fingerprint density at radius 3 is 2.32 bits per heavy atom. The van der Waals surface area contributed by atoms with Crippen LogP contribution in [-0.4, -0.2) is 7.05 Å². The first kappa shape index (κ1) is 14.4. The van der Waals surface area contributed by atoms with Gasteiger partial charge in [0.2, 0.25) is 0 Å². The number of benzene rings is 2. The van der Waals surface area contributed by atoms with E-state index in [9.17, 15) is 8.78 Å². The van der Waals surface area contributed by atoms with Crippen molar-refractivity contribution in [2.24, 2.45) is 0 Å². The average Bonchev–Trinajstić information content (AvgIpc) is 2.32. The molecule has 0 fully saturated rings. The summed E-state index contributed by atoms with van der Waals surface area (Å²) in [6.07, 6.45) is 0. The van der Waals surface area contributed by atoms with Gasteiger partial charge in [-0.3, -0.25) is 0 Å². The lowest BCUT2D eigenvalue weighted by Crippen LogP contribution is -2.20. The molecule has 0 amide bonds. The zero-order valence-electron chi connectivity index (χ0n) is 10.1. The summed E-state index contributed by atoms with van der Waals surface area (Å²) in [6.45, 7) is 0. The highest BCUT2D eigenvalue weighted by Crippen LogP contribution is 2.30. The largest absolute Gasteiger partial charge is 0.309 e. The van der Waals surface area contributed by atoms with E-state index < -0.39 is 17.7 Å². The van der Waals surface area contributed by atoms with E-state index in [0.717, 1.165) is 4.47 Å². The summed E-state index contributed by atoms with van der Waals surface area (Å²) in [5, 5.41) is 3.41. The summed E-state index contributed by atoms with van der Waals surface area (Å²) < 4.78 is 28.5. The number of rotatable bonds is 3. The Balaban J connectivity index is 2.56. The molecular weight excluding hydrogens is 336 g/mol. The molecule has 2 aromatic carbocycles. The van der Waals surface area contributed by atoms with E-state index in [1.165, 1.54) is 18.2 Å². The summed E-state index contributed by atoms with van der Waals surface area (Å²) in [5.41, 5.74) is 0.671. The second-order valence-electron chi connectivity index (χ2n) is 4.06. The highest BCUT2D eigenvalue weighted by Gasteiger charge is 2.20. The monoisotopic (exact) mass is 345 g/mol. The zero-order chi connectivity index (χ0) is 14.0. The first-order chi connectivity index (χ1) is 9.02. The van der Waals surface area contributed by atoms with Crippen LogP contribution >= 0.6 is 27.5 Å². The van der Waals surface area contributed by atoms with Gasteiger partial charge in [0.25, 0.3) is 0 Å². The number of hydrogen-bond donors (Lipinski definition) is 1. The smallest absolute Gasteiger partial charge is 0.131 e. The lowest BCUT2D eigenvalue weighted by molar-refractivity contribution is 0.522. The lowest BCUT2D eigenvalue weighted by atomic mass is 9.98. The molecule has 0 spiro atoms. The highest BCUT2D eigenvalue weighted by atomic mass is 79.9. The van der Waals surface area contributed by atoms with Crippen molar-refractivity contribution in [1.82, 2.24) is 5.32 Å². The van der Waals surface area contributed by atoms with Gasteiger partial charge < -0.3 is 5.32 Å². The Morgan fingerprint density at radius 1 is 1.16 bits per heavy atom. The Hall–Kier alpha value is -0.970. The molecule has 0 aliphatic carbocycles. The molecule has 2 rings (SSSR count). The lowest BCUT2D eigenvalue weighted by Gasteiger charge is -2.19. The standard InChI is InChI=1S/C14H11BrClF2N/c1-19-14(8-5-9(15)7-10(16)6-8)13-11(17)3-2-4-12(13)18/h2-7,14,19H,1H3. The van der Waals surface area contributed by atoms with E-state index in [1.807, 2.05) is 0 Å². The third kappa shape index (κ3) is 3.14. The van der Waals surface area contributed by atoms with Gasteiger partial charge in [0, 0.05) is 15.1 Å². The average molecular weight is 347 g/mol. The molecule has 0 bridgehead atoms. The van der Waals surface area contributed by atoms with Gasteiger partial charge in [0.1, 0.15) is 11.6 Å². The fourth-order valence-electron chi connectivity index (χ4n) is 2.01. The Labute approximate surface area is 123 Å². The van der Waals surface area contributed by atoms with Crippen LogP contribution in [0.4, 0.5) is 8.78 Å². The normalized spacial score (nSPS) is 12.5.